The van der Waals surface area contributed by atoms with Crippen molar-refractivity contribution in [1.82, 2.24) is 25.0 Å². The molecule has 0 fully saturated rings. The van der Waals surface area contributed by atoms with Gasteiger partial charge in [0, 0.05) is 19.7 Å². The van der Waals surface area contributed by atoms with E-state index in [-0.39, 0.29) is 24.7 Å². The maximum Gasteiger partial charge on any atom is 0.390 e. The molecule has 10 heteroatoms. The van der Waals surface area contributed by atoms with E-state index in [0.717, 1.165) is 0 Å². The molecule has 2 aromatic rings. The molecule has 0 spiro atoms. The molecule has 0 unspecified atom stereocenters. The van der Waals surface area contributed by atoms with E-state index < -0.39 is 4.92 Å². The lowest BCUT2D eigenvalue weighted by molar-refractivity contribution is -0.389. The maximum absolute atomic E-state index is 11.6. The average molecular weight is 305 g/mol. The third-order valence-corrected chi connectivity index (χ3v) is 2.83. The zero-order valence-corrected chi connectivity index (χ0v) is 12.1. The van der Waals surface area contributed by atoms with Crippen molar-refractivity contribution in [3.05, 3.63) is 39.8 Å². The molecular weight excluding hydrogens is 290 g/mol. The number of rotatable bonds is 6. The molecule has 0 radical (unpaired) electrons. The first kappa shape index (κ1) is 15.4. The Labute approximate surface area is 125 Å². The standard InChI is InChI=1S/C12H15N7O3/c1-9-7-11(19(21)22)16-18(9)6-4-12(20)14-13-8-10-3-5-17(2)15-10/h3,5,7-8H,4,6H2,1-2H3,(H,14,20)/b13-8-. The minimum atomic E-state index is -0.569. The van der Waals surface area contributed by atoms with Crippen LogP contribution in [0.25, 0.3) is 0 Å². The van der Waals surface area contributed by atoms with E-state index in [9.17, 15) is 14.9 Å². The largest absolute Gasteiger partial charge is 0.390 e. The summed E-state index contributed by atoms with van der Waals surface area (Å²) in [5, 5.41) is 22.3. The van der Waals surface area contributed by atoms with Gasteiger partial charge in [-0.3, -0.25) is 9.48 Å². The summed E-state index contributed by atoms with van der Waals surface area (Å²) in [6.07, 6.45) is 3.30. The Morgan fingerprint density at radius 1 is 1.55 bits per heavy atom. The molecule has 0 aliphatic heterocycles. The van der Waals surface area contributed by atoms with Crippen molar-refractivity contribution in [2.75, 3.05) is 0 Å². The van der Waals surface area contributed by atoms with Crippen LogP contribution < -0.4 is 5.43 Å². The number of nitro groups is 1. The molecule has 2 rings (SSSR count). The predicted octanol–water partition coefficient (Wildman–Crippen LogP) is 0.374. The van der Waals surface area contributed by atoms with Crippen LogP contribution in [0.15, 0.2) is 23.4 Å². The zero-order chi connectivity index (χ0) is 16.1. The van der Waals surface area contributed by atoms with Gasteiger partial charge in [0.1, 0.15) is 5.69 Å². The molecular formula is C12H15N7O3. The quantitative estimate of drug-likeness (QED) is 0.469. The number of hydrazone groups is 1. The number of hydrogen-bond donors (Lipinski definition) is 1. The number of carbonyl (C=O) groups excluding carboxylic acids is 1. The Bertz CT molecular complexity index is 716. The van der Waals surface area contributed by atoms with Crippen LogP contribution in [0.3, 0.4) is 0 Å². The number of nitrogens with one attached hydrogen (secondary N) is 1. The van der Waals surface area contributed by atoms with Crippen molar-refractivity contribution in [2.45, 2.75) is 19.9 Å². The first-order valence-electron chi connectivity index (χ1n) is 6.46. The lowest BCUT2D eigenvalue weighted by atomic mass is 10.4. The molecule has 116 valence electrons. The van der Waals surface area contributed by atoms with Crippen LogP contribution in [0.5, 0.6) is 0 Å². The number of aromatic nitrogens is 4. The van der Waals surface area contributed by atoms with Crippen molar-refractivity contribution in [3.8, 4) is 0 Å². The minimum absolute atomic E-state index is 0.110. The van der Waals surface area contributed by atoms with Crippen LogP contribution in [0, 0.1) is 17.0 Å². The molecule has 2 aromatic heterocycles. The average Bonchev–Trinajstić information content (AvgIpc) is 3.03. The van der Waals surface area contributed by atoms with Crippen LogP contribution in [-0.4, -0.2) is 36.6 Å². The third kappa shape index (κ3) is 3.98. The molecule has 0 aliphatic carbocycles. The van der Waals surface area contributed by atoms with Gasteiger partial charge in [-0.15, -0.1) is 0 Å². The van der Waals surface area contributed by atoms with E-state index in [0.29, 0.717) is 11.4 Å². The molecule has 10 nitrogen and oxygen atoms in total. The third-order valence-electron chi connectivity index (χ3n) is 2.83. The van der Waals surface area contributed by atoms with Gasteiger partial charge in [0.15, 0.2) is 0 Å². The van der Waals surface area contributed by atoms with Crippen LogP contribution in [0.4, 0.5) is 5.82 Å². The lowest BCUT2D eigenvalue weighted by Crippen LogP contribution is -2.20. The van der Waals surface area contributed by atoms with Gasteiger partial charge >= 0.3 is 5.82 Å². The summed E-state index contributed by atoms with van der Waals surface area (Å²) in [5.41, 5.74) is 3.61. The Balaban J connectivity index is 1.82. The Hall–Kier alpha value is -3.04. The molecule has 22 heavy (non-hydrogen) atoms. The lowest BCUT2D eigenvalue weighted by Gasteiger charge is -1.99. The second-order valence-corrected chi connectivity index (χ2v) is 4.58. The monoisotopic (exact) mass is 305 g/mol. The molecule has 2 heterocycles. The number of amides is 1. The van der Waals surface area contributed by atoms with Crippen LogP contribution in [-0.2, 0) is 18.4 Å². The summed E-state index contributed by atoms with van der Waals surface area (Å²) < 4.78 is 3.04. The van der Waals surface area contributed by atoms with Gasteiger partial charge in [0.2, 0.25) is 5.91 Å². The van der Waals surface area contributed by atoms with E-state index in [2.05, 4.69) is 20.7 Å². The van der Waals surface area contributed by atoms with Gasteiger partial charge in [0.25, 0.3) is 0 Å². The van der Waals surface area contributed by atoms with E-state index in [4.69, 9.17) is 0 Å². The van der Waals surface area contributed by atoms with Crippen molar-refractivity contribution in [1.29, 1.82) is 0 Å². The second-order valence-electron chi connectivity index (χ2n) is 4.58. The van der Waals surface area contributed by atoms with Crippen molar-refractivity contribution < 1.29 is 9.72 Å². The Kier molecular flexibility index (Phi) is 4.61. The minimum Gasteiger partial charge on any atom is -0.358 e. The van der Waals surface area contributed by atoms with Gasteiger partial charge < -0.3 is 10.1 Å². The highest BCUT2D eigenvalue weighted by Crippen LogP contribution is 2.11. The highest BCUT2D eigenvalue weighted by atomic mass is 16.6. The molecule has 0 saturated carbocycles. The molecule has 1 amide bonds. The van der Waals surface area contributed by atoms with E-state index in [1.54, 1.807) is 30.9 Å². The summed E-state index contributed by atoms with van der Waals surface area (Å²) in [6.45, 7) is 1.93. The number of carbonyl (C=O) groups is 1. The molecule has 1 N–H and O–H groups in total. The van der Waals surface area contributed by atoms with E-state index >= 15 is 0 Å². The fourth-order valence-corrected chi connectivity index (χ4v) is 1.74. The van der Waals surface area contributed by atoms with Crippen molar-refractivity contribution in [2.24, 2.45) is 12.1 Å². The summed E-state index contributed by atoms with van der Waals surface area (Å²) >= 11 is 0. The fourth-order valence-electron chi connectivity index (χ4n) is 1.74. The van der Waals surface area contributed by atoms with Crippen molar-refractivity contribution in [3.63, 3.8) is 0 Å². The number of hydrogen-bond acceptors (Lipinski definition) is 6. The van der Waals surface area contributed by atoms with Crippen LogP contribution in [0.2, 0.25) is 0 Å². The summed E-state index contributed by atoms with van der Waals surface area (Å²) in [5.74, 6) is -0.546. The van der Waals surface area contributed by atoms with Gasteiger partial charge in [-0.05, 0) is 17.9 Å². The normalized spacial score (nSPS) is 11.0. The van der Waals surface area contributed by atoms with Gasteiger partial charge in [-0.2, -0.15) is 14.9 Å². The van der Waals surface area contributed by atoms with Crippen LogP contribution in [0.1, 0.15) is 17.8 Å². The first-order valence-corrected chi connectivity index (χ1v) is 6.46. The maximum atomic E-state index is 11.6. The second kappa shape index (κ2) is 6.61. The summed E-state index contributed by atoms with van der Waals surface area (Å²) in [6, 6.07) is 3.11. The predicted molar refractivity (Wildman–Crippen MR) is 77.2 cm³/mol. The van der Waals surface area contributed by atoms with Crippen LogP contribution >= 0.6 is 0 Å². The zero-order valence-electron chi connectivity index (χ0n) is 12.1. The molecule has 0 aromatic carbocycles. The first-order chi connectivity index (χ1) is 10.5. The van der Waals surface area contributed by atoms with Gasteiger partial charge in [0.05, 0.1) is 29.6 Å². The molecule has 0 atom stereocenters. The van der Waals surface area contributed by atoms with Gasteiger partial charge in [-0.1, -0.05) is 0 Å². The smallest absolute Gasteiger partial charge is 0.358 e. The number of nitrogens with zero attached hydrogens (tertiary/aromatic N) is 6. The van der Waals surface area contributed by atoms with E-state index in [1.807, 2.05) is 0 Å². The Morgan fingerprint density at radius 3 is 2.91 bits per heavy atom. The highest BCUT2D eigenvalue weighted by Gasteiger charge is 2.15. The summed E-state index contributed by atoms with van der Waals surface area (Å²) in [7, 11) is 1.78. The highest BCUT2D eigenvalue weighted by molar-refractivity contribution is 5.80. The van der Waals surface area contributed by atoms with E-state index in [1.165, 1.54) is 17.0 Å². The molecule has 0 bridgehead atoms. The fraction of sp³-hybridized carbons (Fsp3) is 0.333. The van der Waals surface area contributed by atoms with Crippen molar-refractivity contribution >= 4 is 17.9 Å². The SMILES string of the molecule is Cc1cc([N+](=O)[O-])nn1CCC(=O)N/N=C\c1ccn(C)n1. The topological polar surface area (TPSA) is 120 Å². The molecule has 0 aliphatic rings. The summed E-state index contributed by atoms with van der Waals surface area (Å²) in [4.78, 5) is 21.7. The van der Waals surface area contributed by atoms with Gasteiger partial charge in [-0.25, -0.2) is 5.43 Å². The Morgan fingerprint density at radius 2 is 2.32 bits per heavy atom. The number of aryl methyl sites for hydroxylation is 3. The molecule has 0 saturated heterocycles.